The van der Waals surface area contributed by atoms with Crippen molar-refractivity contribution in [1.29, 1.82) is 0 Å². The summed E-state index contributed by atoms with van der Waals surface area (Å²) in [6, 6.07) is 13.7. The van der Waals surface area contributed by atoms with Crippen molar-refractivity contribution in [3.63, 3.8) is 0 Å². The molecule has 0 aliphatic rings. The average molecular weight is 431 g/mol. The van der Waals surface area contributed by atoms with E-state index in [0.29, 0.717) is 5.69 Å². The van der Waals surface area contributed by atoms with Gasteiger partial charge in [0.15, 0.2) is 5.76 Å². The molecule has 1 heterocycles. The molecule has 0 bridgehead atoms. The molecule has 0 aliphatic heterocycles. The van der Waals surface area contributed by atoms with Crippen molar-refractivity contribution in [3.05, 3.63) is 86.7 Å². The van der Waals surface area contributed by atoms with Crippen molar-refractivity contribution in [2.45, 2.75) is 4.90 Å². The first-order valence-electron chi connectivity index (χ1n) is 8.16. The number of furan rings is 1. The normalized spacial score (nSPS) is 11.3. The zero-order valence-electron chi connectivity index (χ0n) is 15.0. The SMILES string of the molecule is O=[N+]([O-])c1ccc(/C=N/Nc2ccc(S(=O)(=O)Nc3ccccc3)cc2[N+](=O)[O-])o1. The van der Waals surface area contributed by atoms with E-state index in [9.17, 15) is 28.6 Å². The monoisotopic (exact) mass is 431 g/mol. The largest absolute Gasteiger partial charge is 0.433 e. The van der Waals surface area contributed by atoms with Gasteiger partial charge in [-0.2, -0.15) is 5.10 Å². The van der Waals surface area contributed by atoms with Crippen LogP contribution in [0.3, 0.4) is 0 Å². The molecule has 154 valence electrons. The zero-order chi connectivity index (χ0) is 21.7. The van der Waals surface area contributed by atoms with Crippen LogP contribution in [0.15, 0.2) is 75.1 Å². The Labute approximate surface area is 169 Å². The molecule has 2 N–H and O–H groups in total. The standard InChI is InChI=1S/C17H13N5O7S/c23-21(24)16-10-14(30(27,28)20-12-4-2-1-3-5-12)7-8-15(16)19-18-11-13-6-9-17(29-13)22(25)26/h1-11,19-20H/b18-11+. The Morgan fingerprint density at radius 1 is 0.967 bits per heavy atom. The smallest absolute Gasteiger partial charge is 0.400 e. The van der Waals surface area contributed by atoms with Crippen LogP contribution in [0.5, 0.6) is 0 Å². The Morgan fingerprint density at radius 2 is 1.70 bits per heavy atom. The molecule has 0 saturated carbocycles. The molecule has 0 atom stereocenters. The third-order valence-electron chi connectivity index (χ3n) is 3.67. The van der Waals surface area contributed by atoms with E-state index < -0.39 is 31.4 Å². The Balaban J connectivity index is 1.82. The van der Waals surface area contributed by atoms with Crippen molar-refractivity contribution < 1.29 is 22.7 Å². The highest BCUT2D eigenvalue weighted by atomic mass is 32.2. The molecule has 0 aliphatic carbocycles. The fourth-order valence-corrected chi connectivity index (χ4v) is 3.40. The van der Waals surface area contributed by atoms with Crippen molar-refractivity contribution in [1.82, 2.24) is 0 Å². The number of rotatable bonds is 8. The van der Waals surface area contributed by atoms with Crippen LogP contribution in [0.25, 0.3) is 0 Å². The van der Waals surface area contributed by atoms with Gasteiger partial charge in [0.2, 0.25) is 0 Å². The van der Waals surface area contributed by atoms with Gasteiger partial charge in [-0.15, -0.1) is 0 Å². The van der Waals surface area contributed by atoms with Crippen molar-refractivity contribution in [2.75, 3.05) is 10.1 Å². The number of nitro groups is 2. The summed E-state index contributed by atoms with van der Waals surface area (Å²) in [4.78, 5) is 20.2. The molecule has 3 aromatic rings. The quantitative estimate of drug-likeness (QED) is 0.311. The average Bonchev–Trinajstić information content (AvgIpc) is 3.17. The molecular formula is C17H13N5O7S. The highest BCUT2D eigenvalue weighted by Crippen LogP contribution is 2.28. The van der Waals surface area contributed by atoms with Gasteiger partial charge in [0.05, 0.1) is 22.1 Å². The molecule has 0 fully saturated rings. The summed E-state index contributed by atoms with van der Waals surface area (Å²) < 4.78 is 32.2. The molecule has 0 unspecified atom stereocenters. The Bertz CT molecular complexity index is 1220. The molecule has 0 amide bonds. The molecule has 12 nitrogen and oxygen atoms in total. The topological polar surface area (TPSA) is 170 Å². The summed E-state index contributed by atoms with van der Waals surface area (Å²) in [7, 11) is -4.05. The summed E-state index contributed by atoms with van der Waals surface area (Å²) in [5.74, 6) is -0.439. The zero-order valence-corrected chi connectivity index (χ0v) is 15.8. The predicted molar refractivity (Wildman–Crippen MR) is 107 cm³/mol. The fraction of sp³-hybridized carbons (Fsp3) is 0. The van der Waals surface area contributed by atoms with Crippen LogP contribution in [-0.4, -0.2) is 24.5 Å². The minimum Gasteiger partial charge on any atom is -0.400 e. The van der Waals surface area contributed by atoms with E-state index in [1.165, 1.54) is 30.3 Å². The molecule has 0 radical (unpaired) electrons. The highest BCUT2D eigenvalue weighted by Gasteiger charge is 2.21. The van der Waals surface area contributed by atoms with E-state index in [2.05, 4.69) is 15.2 Å². The van der Waals surface area contributed by atoms with Crippen LogP contribution in [0.4, 0.5) is 22.9 Å². The second-order valence-corrected chi connectivity index (χ2v) is 7.39. The van der Waals surface area contributed by atoms with Gasteiger partial charge >= 0.3 is 5.88 Å². The fourth-order valence-electron chi connectivity index (χ4n) is 2.32. The van der Waals surface area contributed by atoms with Gasteiger partial charge in [0.1, 0.15) is 10.6 Å². The molecular weight excluding hydrogens is 418 g/mol. The summed E-state index contributed by atoms with van der Waals surface area (Å²) in [6.45, 7) is 0. The van der Waals surface area contributed by atoms with E-state index in [0.717, 1.165) is 18.3 Å². The minimum atomic E-state index is -4.05. The first-order valence-corrected chi connectivity index (χ1v) is 9.64. The molecule has 0 saturated heterocycles. The lowest BCUT2D eigenvalue weighted by Gasteiger charge is -2.09. The second-order valence-electron chi connectivity index (χ2n) is 5.71. The van der Waals surface area contributed by atoms with Crippen LogP contribution < -0.4 is 10.1 Å². The Morgan fingerprint density at radius 3 is 2.33 bits per heavy atom. The Hall–Kier alpha value is -4.26. The highest BCUT2D eigenvalue weighted by molar-refractivity contribution is 7.92. The number of para-hydroxylation sites is 1. The number of hydrogen-bond donors (Lipinski definition) is 2. The molecule has 2 aromatic carbocycles. The minimum absolute atomic E-state index is 0.0445. The van der Waals surface area contributed by atoms with E-state index in [1.807, 2.05) is 0 Å². The predicted octanol–water partition coefficient (Wildman–Crippen LogP) is 3.34. The number of sulfonamides is 1. The molecule has 3 rings (SSSR count). The number of nitrogens with zero attached hydrogens (tertiary/aromatic N) is 3. The van der Waals surface area contributed by atoms with E-state index >= 15 is 0 Å². The maximum atomic E-state index is 12.5. The molecule has 30 heavy (non-hydrogen) atoms. The number of nitrogens with one attached hydrogen (secondary N) is 2. The summed E-state index contributed by atoms with van der Waals surface area (Å²) in [6.07, 6.45) is 1.08. The van der Waals surface area contributed by atoms with E-state index in [1.54, 1.807) is 18.2 Å². The lowest BCUT2D eigenvalue weighted by atomic mass is 10.3. The summed E-state index contributed by atoms with van der Waals surface area (Å²) >= 11 is 0. The lowest BCUT2D eigenvalue weighted by molar-refractivity contribution is -0.402. The molecule has 1 aromatic heterocycles. The number of hydrogen-bond acceptors (Lipinski definition) is 9. The van der Waals surface area contributed by atoms with Gasteiger partial charge in [-0.1, -0.05) is 18.2 Å². The van der Waals surface area contributed by atoms with Crippen molar-refractivity contribution >= 4 is 39.2 Å². The van der Waals surface area contributed by atoms with Crippen LogP contribution >= 0.6 is 0 Å². The van der Waals surface area contributed by atoms with Gasteiger partial charge in [-0.25, -0.2) is 8.42 Å². The molecule has 0 spiro atoms. The van der Waals surface area contributed by atoms with Gasteiger partial charge in [0, 0.05) is 11.8 Å². The van der Waals surface area contributed by atoms with Crippen LogP contribution in [0.2, 0.25) is 0 Å². The van der Waals surface area contributed by atoms with Crippen LogP contribution in [-0.2, 0) is 10.0 Å². The number of benzene rings is 2. The van der Waals surface area contributed by atoms with E-state index in [4.69, 9.17) is 4.42 Å². The first kappa shape index (κ1) is 20.5. The third kappa shape index (κ3) is 4.77. The van der Waals surface area contributed by atoms with Crippen molar-refractivity contribution in [3.8, 4) is 0 Å². The second kappa shape index (κ2) is 8.40. The first-order chi connectivity index (χ1) is 14.3. The van der Waals surface area contributed by atoms with Gasteiger partial charge in [-0.3, -0.25) is 30.4 Å². The Kier molecular flexibility index (Phi) is 5.73. The maximum Gasteiger partial charge on any atom is 0.433 e. The third-order valence-corrected chi connectivity index (χ3v) is 5.05. The van der Waals surface area contributed by atoms with Crippen LogP contribution in [0.1, 0.15) is 5.76 Å². The van der Waals surface area contributed by atoms with Gasteiger partial charge < -0.3 is 4.42 Å². The number of hydrazone groups is 1. The van der Waals surface area contributed by atoms with Gasteiger partial charge in [0.25, 0.3) is 15.7 Å². The van der Waals surface area contributed by atoms with Gasteiger partial charge in [-0.05, 0) is 30.3 Å². The maximum absolute atomic E-state index is 12.5. The van der Waals surface area contributed by atoms with Crippen molar-refractivity contribution in [2.24, 2.45) is 5.10 Å². The van der Waals surface area contributed by atoms with Crippen LogP contribution in [0, 0.1) is 20.2 Å². The number of anilines is 2. The number of nitro benzene ring substituents is 1. The van der Waals surface area contributed by atoms with E-state index in [-0.39, 0.29) is 16.3 Å². The lowest BCUT2D eigenvalue weighted by Crippen LogP contribution is -2.13. The summed E-state index contributed by atoms with van der Waals surface area (Å²) in [5, 5.41) is 25.7. The molecule has 13 heteroatoms. The summed E-state index contributed by atoms with van der Waals surface area (Å²) in [5.41, 5.74) is 2.08.